The molecule has 0 aliphatic carbocycles. The van der Waals surface area contributed by atoms with Gasteiger partial charge >= 0.3 is 0 Å². The molecule has 20 heavy (non-hydrogen) atoms. The number of rotatable bonds is 3. The van der Waals surface area contributed by atoms with E-state index in [9.17, 15) is 5.11 Å². The minimum atomic E-state index is 0.00276. The fraction of sp³-hybridized carbons (Fsp3) is 0.250. The molecule has 4 heteroatoms. The molecule has 2 aromatic carbocycles. The first-order chi connectivity index (χ1) is 9.38. The van der Waals surface area contributed by atoms with Gasteiger partial charge in [0.05, 0.1) is 6.04 Å². The Labute approximate surface area is 132 Å². The molecule has 0 aliphatic rings. The zero-order chi connectivity index (χ0) is 14.9. The summed E-state index contributed by atoms with van der Waals surface area (Å²) in [7, 11) is 0. The number of anilines is 1. The molecule has 2 nitrogen and oxygen atoms in total. The van der Waals surface area contributed by atoms with Crippen LogP contribution in [0.5, 0.6) is 5.75 Å². The van der Waals surface area contributed by atoms with Crippen LogP contribution in [0.15, 0.2) is 34.8 Å². The highest BCUT2D eigenvalue weighted by molar-refractivity contribution is 9.10. The van der Waals surface area contributed by atoms with Gasteiger partial charge in [-0.05, 0) is 62.2 Å². The van der Waals surface area contributed by atoms with E-state index >= 15 is 0 Å². The third-order valence-corrected chi connectivity index (χ3v) is 4.02. The lowest BCUT2D eigenvalue weighted by atomic mass is 10.0. The third-order valence-electron chi connectivity index (χ3n) is 3.32. The summed E-state index contributed by atoms with van der Waals surface area (Å²) in [6.45, 7) is 6.03. The van der Waals surface area contributed by atoms with Crippen molar-refractivity contribution >= 4 is 33.2 Å². The molecule has 0 aliphatic heterocycles. The maximum absolute atomic E-state index is 10.1. The molecule has 0 aromatic heterocycles. The van der Waals surface area contributed by atoms with Crippen LogP contribution in [0.1, 0.15) is 29.7 Å². The van der Waals surface area contributed by atoms with Gasteiger partial charge in [0.1, 0.15) is 5.75 Å². The quantitative estimate of drug-likeness (QED) is 0.752. The first-order valence-electron chi connectivity index (χ1n) is 6.40. The van der Waals surface area contributed by atoms with Gasteiger partial charge < -0.3 is 10.4 Å². The van der Waals surface area contributed by atoms with Crippen LogP contribution in [0.25, 0.3) is 0 Å². The highest BCUT2D eigenvalue weighted by Crippen LogP contribution is 2.33. The van der Waals surface area contributed by atoms with Gasteiger partial charge in [0.2, 0.25) is 0 Å². The van der Waals surface area contributed by atoms with Crippen molar-refractivity contribution in [2.45, 2.75) is 26.8 Å². The summed E-state index contributed by atoms with van der Waals surface area (Å²) < 4.78 is 0.881. The summed E-state index contributed by atoms with van der Waals surface area (Å²) in [5.74, 6) is 0.295. The second-order valence-corrected chi connectivity index (χ2v) is 6.33. The van der Waals surface area contributed by atoms with Crippen molar-refractivity contribution in [1.82, 2.24) is 0 Å². The number of hydrogen-bond donors (Lipinski definition) is 2. The Morgan fingerprint density at radius 1 is 1.15 bits per heavy atom. The molecular weight excluding hydrogens is 338 g/mol. The van der Waals surface area contributed by atoms with E-state index in [0.717, 1.165) is 31.9 Å². The summed E-state index contributed by atoms with van der Waals surface area (Å²) in [6, 6.07) is 9.46. The summed E-state index contributed by atoms with van der Waals surface area (Å²) >= 11 is 9.35. The van der Waals surface area contributed by atoms with Crippen molar-refractivity contribution in [1.29, 1.82) is 0 Å². The highest BCUT2D eigenvalue weighted by Gasteiger charge is 2.15. The van der Waals surface area contributed by atoms with E-state index in [1.165, 1.54) is 0 Å². The van der Waals surface area contributed by atoms with Crippen LogP contribution in [-0.4, -0.2) is 5.11 Å². The van der Waals surface area contributed by atoms with Gasteiger partial charge in [-0.15, -0.1) is 0 Å². The van der Waals surface area contributed by atoms with Crippen LogP contribution in [0.4, 0.5) is 5.69 Å². The van der Waals surface area contributed by atoms with E-state index in [1.54, 1.807) is 6.07 Å². The smallest absolute Gasteiger partial charge is 0.122 e. The Morgan fingerprint density at radius 3 is 2.45 bits per heavy atom. The average molecular weight is 355 g/mol. The summed E-state index contributed by atoms with van der Waals surface area (Å²) in [4.78, 5) is 0. The Hall–Kier alpha value is -1.19. The number of benzene rings is 2. The molecule has 0 radical (unpaired) electrons. The third kappa shape index (κ3) is 3.28. The second kappa shape index (κ2) is 6.06. The molecular formula is C16H17BrClNO. The SMILES string of the molecule is Cc1cc(Cl)ccc1NC(C)c1c(C)cc(Br)cc1O. The Morgan fingerprint density at radius 2 is 1.85 bits per heavy atom. The van der Waals surface area contributed by atoms with Gasteiger partial charge in [-0.2, -0.15) is 0 Å². The lowest BCUT2D eigenvalue weighted by Gasteiger charge is -2.20. The van der Waals surface area contributed by atoms with Crippen molar-refractivity contribution in [2.75, 3.05) is 5.32 Å². The van der Waals surface area contributed by atoms with Gasteiger partial charge in [-0.1, -0.05) is 27.5 Å². The molecule has 0 spiro atoms. The number of hydrogen-bond acceptors (Lipinski definition) is 2. The van der Waals surface area contributed by atoms with Crippen LogP contribution in [0, 0.1) is 13.8 Å². The largest absolute Gasteiger partial charge is 0.508 e. The molecule has 0 saturated carbocycles. The number of phenolic OH excluding ortho intramolecular Hbond substituents is 1. The minimum Gasteiger partial charge on any atom is -0.508 e. The van der Waals surface area contributed by atoms with Gasteiger partial charge in [0, 0.05) is 20.7 Å². The van der Waals surface area contributed by atoms with Crippen molar-refractivity contribution in [3.63, 3.8) is 0 Å². The molecule has 1 unspecified atom stereocenters. The standard InChI is InChI=1S/C16H17BrClNO/c1-9-7-13(18)4-5-14(9)19-11(3)16-10(2)6-12(17)8-15(16)20/h4-8,11,19-20H,1-3H3. The molecule has 0 amide bonds. The maximum atomic E-state index is 10.1. The fourth-order valence-corrected chi connectivity index (χ4v) is 3.18. The number of aromatic hydroxyl groups is 1. The monoisotopic (exact) mass is 353 g/mol. The molecule has 106 valence electrons. The number of halogens is 2. The molecule has 2 N–H and O–H groups in total. The van der Waals surface area contributed by atoms with E-state index in [4.69, 9.17) is 11.6 Å². The minimum absolute atomic E-state index is 0.00276. The molecule has 0 fully saturated rings. The zero-order valence-corrected chi connectivity index (χ0v) is 14.0. The molecule has 1 atom stereocenters. The van der Waals surface area contributed by atoms with E-state index < -0.39 is 0 Å². The zero-order valence-electron chi connectivity index (χ0n) is 11.7. The highest BCUT2D eigenvalue weighted by atomic mass is 79.9. The van der Waals surface area contributed by atoms with Crippen molar-refractivity contribution in [3.8, 4) is 5.75 Å². The van der Waals surface area contributed by atoms with E-state index in [0.29, 0.717) is 5.75 Å². The van der Waals surface area contributed by atoms with Crippen LogP contribution < -0.4 is 5.32 Å². The lowest BCUT2D eigenvalue weighted by Crippen LogP contribution is -2.09. The Bertz CT molecular complexity index is 619. The molecule has 0 saturated heterocycles. The van der Waals surface area contributed by atoms with Crippen LogP contribution in [0.2, 0.25) is 5.02 Å². The second-order valence-electron chi connectivity index (χ2n) is 4.98. The summed E-state index contributed by atoms with van der Waals surface area (Å²) in [5.41, 5.74) is 4.05. The molecule has 2 aromatic rings. The van der Waals surface area contributed by atoms with Gasteiger partial charge in [0.25, 0.3) is 0 Å². The van der Waals surface area contributed by atoms with Crippen molar-refractivity contribution in [2.24, 2.45) is 0 Å². The Kier molecular flexibility index (Phi) is 4.61. The van der Waals surface area contributed by atoms with E-state index in [1.807, 2.05) is 45.0 Å². The van der Waals surface area contributed by atoms with Crippen LogP contribution >= 0.6 is 27.5 Å². The lowest BCUT2D eigenvalue weighted by molar-refractivity contribution is 0.464. The normalized spacial score (nSPS) is 12.2. The predicted octanol–water partition coefficient (Wildman–Crippen LogP) is 5.60. The van der Waals surface area contributed by atoms with Crippen LogP contribution in [0.3, 0.4) is 0 Å². The molecule has 0 bridgehead atoms. The first-order valence-corrected chi connectivity index (χ1v) is 7.57. The van der Waals surface area contributed by atoms with E-state index in [2.05, 4.69) is 21.2 Å². The van der Waals surface area contributed by atoms with Gasteiger partial charge in [-0.25, -0.2) is 0 Å². The van der Waals surface area contributed by atoms with Crippen LogP contribution in [-0.2, 0) is 0 Å². The van der Waals surface area contributed by atoms with Crippen molar-refractivity contribution in [3.05, 3.63) is 56.5 Å². The topological polar surface area (TPSA) is 32.3 Å². The van der Waals surface area contributed by atoms with Gasteiger partial charge in [0.15, 0.2) is 0 Å². The fourth-order valence-electron chi connectivity index (χ4n) is 2.39. The van der Waals surface area contributed by atoms with Crippen molar-refractivity contribution < 1.29 is 5.11 Å². The maximum Gasteiger partial charge on any atom is 0.122 e. The molecule has 2 rings (SSSR count). The number of aryl methyl sites for hydroxylation is 2. The summed E-state index contributed by atoms with van der Waals surface area (Å²) in [6.07, 6.45) is 0. The number of nitrogens with one attached hydrogen (secondary N) is 1. The van der Waals surface area contributed by atoms with Gasteiger partial charge in [-0.3, -0.25) is 0 Å². The Balaban J connectivity index is 2.31. The average Bonchev–Trinajstić information content (AvgIpc) is 2.31. The molecule has 0 heterocycles. The predicted molar refractivity (Wildman–Crippen MR) is 88.8 cm³/mol. The number of phenols is 1. The van der Waals surface area contributed by atoms with E-state index in [-0.39, 0.29) is 6.04 Å². The first kappa shape index (κ1) is 15.2. The summed E-state index contributed by atoms with van der Waals surface area (Å²) in [5, 5.41) is 14.3.